The van der Waals surface area contributed by atoms with Crippen LogP contribution in [0, 0.1) is 0 Å². The fraction of sp³-hybridized carbons (Fsp3) is 0.273. The van der Waals surface area contributed by atoms with Crippen molar-refractivity contribution >= 4 is 33.4 Å². The second-order valence-corrected chi connectivity index (χ2v) is 5.93. The van der Waals surface area contributed by atoms with Crippen LogP contribution in [-0.2, 0) is 0 Å². The summed E-state index contributed by atoms with van der Waals surface area (Å²) in [7, 11) is 0. The minimum Gasteiger partial charge on any atom is -0.399 e. The van der Waals surface area contributed by atoms with Gasteiger partial charge in [-0.25, -0.2) is 9.89 Å². The summed E-state index contributed by atoms with van der Waals surface area (Å²) in [5.74, 6) is 0. The summed E-state index contributed by atoms with van der Waals surface area (Å²) in [6.45, 7) is 3.89. The number of H-pyrrole nitrogens is 1. The van der Waals surface area contributed by atoms with Gasteiger partial charge in [-0.15, -0.1) is 5.10 Å². The summed E-state index contributed by atoms with van der Waals surface area (Å²) in [5.41, 5.74) is 6.18. The molecule has 96 valence electrons. The maximum atomic E-state index is 11.6. The molecule has 0 aliphatic heterocycles. The van der Waals surface area contributed by atoms with Gasteiger partial charge in [0, 0.05) is 21.1 Å². The molecule has 1 aromatic carbocycles. The predicted molar refractivity (Wildman–Crippen MR) is 75.9 cm³/mol. The third kappa shape index (κ3) is 2.62. The summed E-state index contributed by atoms with van der Waals surface area (Å²) in [4.78, 5) is 12.6. The van der Waals surface area contributed by atoms with Crippen molar-refractivity contribution in [2.75, 3.05) is 5.73 Å². The van der Waals surface area contributed by atoms with Gasteiger partial charge in [-0.2, -0.15) is 0 Å². The number of halogens is 1. The molecule has 0 radical (unpaired) electrons. The van der Waals surface area contributed by atoms with E-state index in [1.54, 1.807) is 4.57 Å². The van der Waals surface area contributed by atoms with Crippen molar-refractivity contribution in [1.82, 2.24) is 14.8 Å². The minimum atomic E-state index is -0.195. The molecule has 7 heteroatoms. The fourth-order valence-corrected chi connectivity index (χ4v) is 3.13. The molecule has 0 aliphatic carbocycles. The van der Waals surface area contributed by atoms with Crippen LogP contribution < -0.4 is 11.4 Å². The van der Waals surface area contributed by atoms with Crippen molar-refractivity contribution in [3.63, 3.8) is 0 Å². The first-order chi connectivity index (χ1) is 8.49. The average molecular weight is 329 g/mol. The van der Waals surface area contributed by atoms with Crippen molar-refractivity contribution < 1.29 is 0 Å². The van der Waals surface area contributed by atoms with E-state index in [4.69, 9.17) is 5.73 Å². The van der Waals surface area contributed by atoms with Crippen molar-refractivity contribution in [2.45, 2.75) is 29.9 Å². The topological polar surface area (TPSA) is 76.7 Å². The highest BCUT2D eigenvalue weighted by Crippen LogP contribution is 2.33. The van der Waals surface area contributed by atoms with E-state index in [2.05, 4.69) is 26.1 Å². The lowest BCUT2D eigenvalue weighted by Gasteiger charge is -2.09. The Bertz CT molecular complexity index is 620. The number of aromatic amines is 1. The molecule has 0 saturated carbocycles. The van der Waals surface area contributed by atoms with Gasteiger partial charge in [0.25, 0.3) is 0 Å². The molecule has 0 aliphatic rings. The normalized spacial score (nSPS) is 11.1. The third-order valence-corrected chi connectivity index (χ3v) is 4.31. The van der Waals surface area contributed by atoms with Gasteiger partial charge in [0.15, 0.2) is 5.16 Å². The predicted octanol–water partition coefficient (Wildman–Crippen LogP) is 2.65. The molecule has 0 fully saturated rings. The van der Waals surface area contributed by atoms with Gasteiger partial charge in [0.1, 0.15) is 0 Å². The zero-order valence-electron chi connectivity index (χ0n) is 9.98. The molecule has 0 bridgehead atoms. The molecule has 0 saturated heterocycles. The molecule has 0 unspecified atom stereocenters. The first kappa shape index (κ1) is 13.2. The zero-order valence-corrected chi connectivity index (χ0v) is 12.4. The summed E-state index contributed by atoms with van der Waals surface area (Å²) in [6.07, 6.45) is 0. The smallest absolute Gasteiger partial charge is 0.344 e. The van der Waals surface area contributed by atoms with Gasteiger partial charge in [-0.1, -0.05) is 0 Å². The second-order valence-electron chi connectivity index (χ2n) is 4.07. The molecule has 18 heavy (non-hydrogen) atoms. The van der Waals surface area contributed by atoms with E-state index in [9.17, 15) is 4.79 Å². The van der Waals surface area contributed by atoms with E-state index >= 15 is 0 Å². The molecular weight excluding hydrogens is 316 g/mol. The zero-order chi connectivity index (χ0) is 13.3. The molecule has 3 N–H and O–H groups in total. The second kappa shape index (κ2) is 5.19. The van der Waals surface area contributed by atoms with Gasteiger partial charge in [-0.3, -0.25) is 4.57 Å². The lowest BCUT2D eigenvalue weighted by Crippen LogP contribution is -2.19. The summed E-state index contributed by atoms with van der Waals surface area (Å²) < 4.78 is 2.51. The van der Waals surface area contributed by atoms with Gasteiger partial charge in [0.05, 0.1) is 0 Å². The van der Waals surface area contributed by atoms with Gasteiger partial charge in [-0.05, 0) is 59.7 Å². The molecule has 0 amide bonds. The Morgan fingerprint density at radius 2 is 2.22 bits per heavy atom. The number of rotatable bonds is 3. The number of benzene rings is 1. The van der Waals surface area contributed by atoms with E-state index in [1.807, 2.05) is 32.0 Å². The minimum absolute atomic E-state index is 0.0614. The quantitative estimate of drug-likeness (QED) is 0.849. The summed E-state index contributed by atoms with van der Waals surface area (Å²) in [6, 6.07) is 5.60. The Balaban J connectivity index is 2.37. The van der Waals surface area contributed by atoms with Crippen LogP contribution in [0.5, 0.6) is 0 Å². The number of hydrogen-bond donors (Lipinski definition) is 2. The van der Waals surface area contributed by atoms with Crippen LogP contribution in [0.3, 0.4) is 0 Å². The Hall–Kier alpha value is -1.21. The van der Waals surface area contributed by atoms with Gasteiger partial charge >= 0.3 is 5.69 Å². The standard InChI is InChI=1S/C11H13BrN4OS/c1-6(2)16-10(17)14-15-11(16)18-9-4-3-7(13)5-8(9)12/h3-6H,13H2,1-2H3,(H,14,17). The van der Waals surface area contributed by atoms with Crippen molar-refractivity contribution in [3.05, 3.63) is 33.2 Å². The molecule has 5 nitrogen and oxygen atoms in total. The number of hydrogen-bond acceptors (Lipinski definition) is 4. The van der Waals surface area contributed by atoms with Gasteiger partial charge < -0.3 is 5.73 Å². The number of nitrogen functional groups attached to an aromatic ring is 1. The summed E-state index contributed by atoms with van der Waals surface area (Å²) >= 11 is 4.86. The highest BCUT2D eigenvalue weighted by atomic mass is 79.9. The first-order valence-corrected chi connectivity index (χ1v) is 6.99. The van der Waals surface area contributed by atoms with Crippen molar-refractivity contribution in [1.29, 1.82) is 0 Å². The number of nitrogens with two attached hydrogens (primary N) is 1. The van der Waals surface area contributed by atoms with Gasteiger partial charge in [0.2, 0.25) is 0 Å². The van der Waals surface area contributed by atoms with Crippen LogP contribution >= 0.6 is 27.7 Å². The highest BCUT2D eigenvalue weighted by Gasteiger charge is 2.13. The lowest BCUT2D eigenvalue weighted by atomic mass is 10.3. The molecule has 0 atom stereocenters. The number of anilines is 1. The number of aromatic nitrogens is 3. The van der Waals surface area contributed by atoms with E-state index in [0.717, 1.165) is 9.37 Å². The maximum Gasteiger partial charge on any atom is 0.344 e. The summed E-state index contributed by atoms with van der Waals surface area (Å²) in [5, 5.41) is 7.14. The maximum absolute atomic E-state index is 11.6. The van der Waals surface area contributed by atoms with E-state index in [0.29, 0.717) is 10.8 Å². The van der Waals surface area contributed by atoms with E-state index in [-0.39, 0.29) is 11.7 Å². The fourth-order valence-electron chi connectivity index (χ4n) is 1.52. The van der Waals surface area contributed by atoms with E-state index in [1.165, 1.54) is 11.8 Å². The molecule has 1 aromatic heterocycles. The Morgan fingerprint density at radius 3 is 2.83 bits per heavy atom. The largest absolute Gasteiger partial charge is 0.399 e. The monoisotopic (exact) mass is 328 g/mol. The number of nitrogens with zero attached hydrogens (tertiary/aromatic N) is 2. The highest BCUT2D eigenvalue weighted by molar-refractivity contribution is 9.10. The molecule has 0 spiro atoms. The lowest BCUT2D eigenvalue weighted by molar-refractivity contribution is 0.534. The SMILES string of the molecule is CC(C)n1c(Sc2ccc(N)cc2Br)n[nH]c1=O. The Labute approximate surface area is 117 Å². The first-order valence-electron chi connectivity index (χ1n) is 5.39. The van der Waals surface area contributed by atoms with Crippen LogP contribution in [0.2, 0.25) is 0 Å². The molecule has 2 aromatic rings. The average Bonchev–Trinajstić information content (AvgIpc) is 2.64. The van der Waals surface area contributed by atoms with Crippen molar-refractivity contribution in [3.8, 4) is 0 Å². The van der Waals surface area contributed by atoms with Crippen molar-refractivity contribution in [2.24, 2.45) is 0 Å². The molecule has 1 heterocycles. The third-order valence-electron chi connectivity index (χ3n) is 2.35. The van der Waals surface area contributed by atoms with Crippen LogP contribution in [0.15, 0.2) is 37.5 Å². The van der Waals surface area contributed by atoms with E-state index < -0.39 is 0 Å². The number of nitrogens with one attached hydrogen (secondary N) is 1. The Morgan fingerprint density at radius 1 is 1.50 bits per heavy atom. The van der Waals surface area contributed by atoms with Crippen LogP contribution in [0.1, 0.15) is 19.9 Å². The molecule has 2 rings (SSSR count). The van der Waals surface area contributed by atoms with Crippen LogP contribution in [0.4, 0.5) is 5.69 Å². The Kier molecular flexibility index (Phi) is 3.82. The molecular formula is C11H13BrN4OS. The van der Waals surface area contributed by atoms with Crippen LogP contribution in [0.25, 0.3) is 0 Å². The van der Waals surface area contributed by atoms with Crippen LogP contribution in [-0.4, -0.2) is 14.8 Å².